The van der Waals surface area contributed by atoms with Gasteiger partial charge in [0, 0.05) is 66.8 Å². The molecular weight excluding hydrogens is 843 g/mol. The third-order valence-electron chi connectivity index (χ3n) is 13.6. The van der Waals surface area contributed by atoms with Gasteiger partial charge in [0.15, 0.2) is 0 Å². The Balaban J connectivity index is 0.889. The Morgan fingerprint density at radius 1 is 0.275 bits per heavy atom. The highest BCUT2D eigenvalue weighted by atomic mass is 15.0. The molecule has 14 aromatic rings. The van der Waals surface area contributed by atoms with Crippen LogP contribution < -0.4 is 0 Å². The number of hydrogen-bond acceptors (Lipinski definition) is 4. The van der Waals surface area contributed by atoms with E-state index in [2.05, 4.69) is 214 Å². The van der Waals surface area contributed by atoms with Crippen molar-refractivity contribution in [2.75, 3.05) is 0 Å². The minimum Gasteiger partial charge on any atom is -0.309 e. The van der Waals surface area contributed by atoms with E-state index < -0.39 is 0 Å². The summed E-state index contributed by atoms with van der Waals surface area (Å²) in [5.41, 5.74) is 18.4. The maximum Gasteiger partial charge on any atom is 0.0964 e. The van der Waals surface area contributed by atoms with Gasteiger partial charge in [-0.2, -0.15) is 0 Å². The Hall–Kier alpha value is -9.46. The summed E-state index contributed by atoms with van der Waals surface area (Å²) in [6, 6.07) is 77.3. The molecule has 6 aromatic heterocycles. The van der Waals surface area contributed by atoms with Gasteiger partial charge in [-0.1, -0.05) is 133 Å². The summed E-state index contributed by atoms with van der Waals surface area (Å²) in [7, 11) is 0. The van der Waals surface area contributed by atoms with Crippen molar-refractivity contribution < 1.29 is 0 Å². The molecule has 0 aliphatic carbocycles. The van der Waals surface area contributed by atoms with Gasteiger partial charge in [0.05, 0.1) is 79.5 Å². The highest BCUT2D eigenvalue weighted by Gasteiger charge is 2.20. The lowest BCUT2D eigenvalue weighted by atomic mass is 10.1. The summed E-state index contributed by atoms with van der Waals surface area (Å²) >= 11 is 0. The van der Waals surface area contributed by atoms with Crippen LogP contribution in [0.2, 0.25) is 0 Å². The zero-order valence-electron chi connectivity index (χ0n) is 37.1. The van der Waals surface area contributed by atoms with Crippen LogP contribution >= 0.6 is 0 Å². The normalized spacial score (nSPS) is 11.8. The Bertz CT molecular complexity index is 4240. The van der Waals surface area contributed by atoms with Crippen LogP contribution in [0.15, 0.2) is 237 Å². The molecule has 7 nitrogen and oxygen atoms in total. The molecule has 8 aromatic carbocycles. The predicted molar refractivity (Wildman–Crippen MR) is 282 cm³/mol. The van der Waals surface area contributed by atoms with Gasteiger partial charge in [0.1, 0.15) is 0 Å². The van der Waals surface area contributed by atoms with Gasteiger partial charge in [-0.3, -0.25) is 9.97 Å². The minimum absolute atomic E-state index is 0.801. The first-order valence-corrected chi connectivity index (χ1v) is 23.2. The van der Waals surface area contributed by atoms with Crippen LogP contribution in [-0.4, -0.2) is 33.6 Å². The lowest BCUT2D eigenvalue weighted by Gasteiger charge is -2.13. The second kappa shape index (κ2) is 15.6. The van der Waals surface area contributed by atoms with E-state index in [9.17, 15) is 0 Å². The summed E-state index contributed by atoms with van der Waals surface area (Å²) in [5.74, 6) is 0. The number of rotatable bonds is 7. The largest absolute Gasteiger partial charge is 0.309 e. The van der Waals surface area contributed by atoms with Gasteiger partial charge >= 0.3 is 0 Å². The second-order valence-electron chi connectivity index (χ2n) is 17.5. The van der Waals surface area contributed by atoms with Crippen LogP contribution in [0.5, 0.6) is 0 Å². The number of benzene rings is 8. The average Bonchev–Trinajstić information content (AvgIpc) is 4.06. The molecule has 69 heavy (non-hydrogen) atoms. The number of hydrogen-bond donors (Lipinski definition) is 0. The predicted octanol–water partition coefficient (Wildman–Crippen LogP) is 15.2. The van der Waals surface area contributed by atoms with Crippen molar-refractivity contribution in [3.8, 4) is 62.1 Å². The number of para-hydroxylation sites is 3. The molecule has 322 valence electrons. The van der Waals surface area contributed by atoms with Crippen molar-refractivity contribution in [3.05, 3.63) is 237 Å². The standard InChI is InChI=1S/C62H39N7/c1-4-15-40(16-5-1)52-36-46(37-53(65-52)41-17-6-2-7-18-41)69-56-23-12-10-21-47(56)49-29-26-43(34-61(49)69)55-39-63-38-54(66-55)42-27-30-58-50(33-42)48-22-11-13-24-57(48)68(58)45-28-31-59-51(35-45)62-60(25-14-32-64-62)67(59)44-19-8-3-9-20-44/h1-39H. The summed E-state index contributed by atoms with van der Waals surface area (Å²) in [6.07, 6.45) is 5.62. The van der Waals surface area contributed by atoms with Crippen LogP contribution in [0.4, 0.5) is 0 Å². The number of pyridine rings is 2. The Labute approximate surface area is 396 Å². The average molecular weight is 882 g/mol. The molecule has 0 unspecified atom stereocenters. The maximum atomic E-state index is 5.33. The zero-order valence-corrected chi connectivity index (χ0v) is 37.1. The lowest BCUT2D eigenvalue weighted by Crippen LogP contribution is -1.98. The topological polar surface area (TPSA) is 66.3 Å². The van der Waals surface area contributed by atoms with Gasteiger partial charge in [0.25, 0.3) is 0 Å². The fourth-order valence-corrected chi connectivity index (χ4v) is 10.4. The number of nitrogens with zero attached hydrogens (tertiary/aromatic N) is 7. The van der Waals surface area contributed by atoms with E-state index in [4.69, 9.17) is 19.9 Å². The fraction of sp³-hybridized carbons (Fsp3) is 0. The first kappa shape index (κ1) is 38.8. The highest BCUT2D eigenvalue weighted by Crippen LogP contribution is 2.40. The molecule has 0 spiro atoms. The third-order valence-corrected chi connectivity index (χ3v) is 13.6. The van der Waals surface area contributed by atoms with E-state index in [-0.39, 0.29) is 0 Å². The van der Waals surface area contributed by atoms with Gasteiger partial charge in [0.2, 0.25) is 0 Å². The molecule has 7 heteroatoms. The molecule has 0 aliphatic rings. The van der Waals surface area contributed by atoms with Crippen LogP contribution in [-0.2, 0) is 0 Å². The Morgan fingerprint density at radius 2 is 0.783 bits per heavy atom. The molecule has 0 atom stereocenters. The fourth-order valence-electron chi connectivity index (χ4n) is 10.4. The molecule has 0 radical (unpaired) electrons. The van der Waals surface area contributed by atoms with Gasteiger partial charge < -0.3 is 13.7 Å². The summed E-state index contributed by atoms with van der Waals surface area (Å²) in [6.45, 7) is 0. The smallest absolute Gasteiger partial charge is 0.0964 e. The maximum absolute atomic E-state index is 5.33. The molecule has 0 bridgehead atoms. The highest BCUT2D eigenvalue weighted by molar-refractivity contribution is 6.13. The van der Waals surface area contributed by atoms with Crippen LogP contribution in [0.25, 0.3) is 128 Å². The van der Waals surface area contributed by atoms with E-state index in [1.54, 1.807) is 0 Å². The lowest BCUT2D eigenvalue weighted by molar-refractivity contribution is 1.16. The van der Waals surface area contributed by atoms with Gasteiger partial charge in [-0.25, -0.2) is 9.97 Å². The van der Waals surface area contributed by atoms with Crippen molar-refractivity contribution in [1.29, 1.82) is 0 Å². The van der Waals surface area contributed by atoms with Crippen molar-refractivity contribution in [2.45, 2.75) is 0 Å². The quantitative estimate of drug-likeness (QED) is 0.160. The molecule has 14 rings (SSSR count). The van der Waals surface area contributed by atoms with Crippen molar-refractivity contribution in [1.82, 2.24) is 33.6 Å². The second-order valence-corrected chi connectivity index (χ2v) is 17.5. The van der Waals surface area contributed by atoms with E-state index >= 15 is 0 Å². The number of aromatic nitrogens is 7. The first-order chi connectivity index (χ1) is 34.2. The Kier molecular flexibility index (Phi) is 8.75. The third kappa shape index (κ3) is 6.29. The molecule has 6 heterocycles. The molecule has 0 amide bonds. The van der Waals surface area contributed by atoms with Crippen LogP contribution in [0.3, 0.4) is 0 Å². The van der Waals surface area contributed by atoms with Crippen molar-refractivity contribution in [2.24, 2.45) is 0 Å². The van der Waals surface area contributed by atoms with Crippen LogP contribution in [0, 0.1) is 0 Å². The van der Waals surface area contributed by atoms with Gasteiger partial charge in [-0.05, 0) is 84.9 Å². The first-order valence-electron chi connectivity index (χ1n) is 23.2. The SMILES string of the molecule is c1ccc(-c2cc(-n3c4ccccc4c4ccc(-c5cncc(-c6ccc7c(c6)c6ccccc6n7-c6ccc7c(c6)c6ncccc6n7-c6ccccc6)n5)cc43)cc(-c3ccccc3)n2)cc1. The number of fused-ring (bicyclic) bond motifs is 9. The van der Waals surface area contributed by atoms with E-state index in [1.807, 2.05) is 36.8 Å². The molecule has 0 saturated heterocycles. The molecule has 0 aliphatic heterocycles. The van der Waals surface area contributed by atoms with E-state index in [0.29, 0.717) is 0 Å². The van der Waals surface area contributed by atoms with Gasteiger partial charge in [-0.15, -0.1) is 0 Å². The molecular formula is C62H39N7. The van der Waals surface area contributed by atoms with E-state index in [1.165, 1.54) is 10.8 Å². The van der Waals surface area contributed by atoms with Crippen LogP contribution in [0.1, 0.15) is 0 Å². The minimum atomic E-state index is 0.801. The zero-order chi connectivity index (χ0) is 45.4. The summed E-state index contributed by atoms with van der Waals surface area (Å²) in [5, 5.41) is 5.77. The summed E-state index contributed by atoms with van der Waals surface area (Å²) in [4.78, 5) is 20.2. The molecule has 0 saturated carbocycles. The van der Waals surface area contributed by atoms with Crippen molar-refractivity contribution in [3.63, 3.8) is 0 Å². The monoisotopic (exact) mass is 881 g/mol. The Morgan fingerprint density at radius 3 is 1.49 bits per heavy atom. The van der Waals surface area contributed by atoms with Crippen molar-refractivity contribution >= 4 is 65.5 Å². The molecule has 0 N–H and O–H groups in total. The summed E-state index contributed by atoms with van der Waals surface area (Å²) < 4.78 is 7.04. The molecule has 0 fully saturated rings. The van der Waals surface area contributed by atoms with E-state index in [0.717, 1.165) is 117 Å².